The van der Waals surface area contributed by atoms with Crippen LogP contribution < -0.4 is 15.2 Å². The lowest BCUT2D eigenvalue weighted by molar-refractivity contribution is -0.128. The summed E-state index contributed by atoms with van der Waals surface area (Å²) >= 11 is 9.29. The second-order valence-electron chi connectivity index (χ2n) is 6.98. The maximum Gasteiger partial charge on any atom is 0.336 e. The predicted octanol–water partition coefficient (Wildman–Crippen LogP) is 5.94. The number of rotatable bonds is 4. The first-order chi connectivity index (χ1) is 15.4. The van der Waals surface area contributed by atoms with Gasteiger partial charge in [0.2, 0.25) is 5.88 Å². The Labute approximate surface area is 198 Å². The van der Waals surface area contributed by atoms with E-state index in [1.807, 2.05) is 24.3 Å². The zero-order valence-corrected chi connectivity index (χ0v) is 18.9. The molecule has 0 radical (unpaired) electrons. The largest absolute Gasteiger partial charge is 0.440 e. The first kappa shape index (κ1) is 21.7. The number of nitrogens with zero attached hydrogens (tertiary/aromatic N) is 1. The van der Waals surface area contributed by atoms with Crippen molar-refractivity contribution >= 4 is 39.6 Å². The standard InChI is InChI=1S/C25H16BrClN2O3/c26-17-6-4-16(5-7-17)24-20-11-10-19(13-22(20)32-25(29)21(24)14-28)31-23(30)12-3-15-1-8-18(27)9-2-15/h1-13,24H,29H2/b12-3+. The van der Waals surface area contributed by atoms with Crippen molar-refractivity contribution in [3.05, 3.63) is 110 Å². The van der Waals surface area contributed by atoms with E-state index in [0.29, 0.717) is 22.1 Å². The summed E-state index contributed by atoms with van der Waals surface area (Å²) in [5.74, 6) is -0.162. The average Bonchev–Trinajstić information content (AvgIpc) is 2.78. The summed E-state index contributed by atoms with van der Waals surface area (Å²) in [7, 11) is 0. The summed E-state index contributed by atoms with van der Waals surface area (Å²) in [5, 5.41) is 10.3. The van der Waals surface area contributed by atoms with Crippen LogP contribution in [-0.2, 0) is 4.79 Å². The molecule has 1 unspecified atom stereocenters. The number of nitriles is 1. The molecule has 1 aliphatic rings. The van der Waals surface area contributed by atoms with Gasteiger partial charge in [0, 0.05) is 27.2 Å². The first-order valence-corrected chi connectivity index (χ1v) is 10.7. The Morgan fingerprint density at radius 2 is 1.84 bits per heavy atom. The van der Waals surface area contributed by atoms with E-state index >= 15 is 0 Å². The Morgan fingerprint density at radius 3 is 2.53 bits per heavy atom. The number of halogens is 2. The monoisotopic (exact) mass is 506 g/mol. The molecule has 0 saturated heterocycles. The van der Waals surface area contributed by atoms with E-state index in [-0.39, 0.29) is 11.8 Å². The molecule has 4 rings (SSSR count). The highest BCUT2D eigenvalue weighted by atomic mass is 79.9. The van der Waals surface area contributed by atoms with Crippen LogP contribution in [0.5, 0.6) is 11.5 Å². The molecule has 1 heterocycles. The van der Waals surface area contributed by atoms with Crippen molar-refractivity contribution < 1.29 is 14.3 Å². The van der Waals surface area contributed by atoms with E-state index < -0.39 is 5.97 Å². The Morgan fingerprint density at radius 1 is 1.12 bits per heavy atom. The number of fused-ring (bicyclic) bond motifs is 1. The molecular formula is C25H16BrClN2O3. The van der Waals surface area contributed by atoms with Gasteiger partial charge in [-0.2, -0.15) is 5.26 Å². The van der Waals surface area contributed by atoms with Gasteiger partial charge in [-0.05, 0) is 47.5 Å². The second-order valence-corrected chi connectivity index (χ2v) is 8.33. The van der Waals surface area contributed by atoms with Gasteiger partial charge in [-0.25, -0.2) is 4.79 Å². The van der Waals surface area contributed by atoms with Crippen LogP contribution in [0.3, 0.4) is 0 Å². The van der Waals surface area contributed by atoms with Gasteiger partial charge in [-0.1, -0.05) is 57.9 Å². The number of ether oxygens (including phenoxy) is 2. The highest BCUT2D eigenvalue weighted by Gasteiger charge is 2.31. The predicted molar refractivity (Wildman–Crippen MR) is 126 cm³/mol. The van der Waals surface area contributed by atoms with Crippen molar-refractivity contribution in [3.63, 3.8) is 0 Å². The first-order valence-electron chi connectivity index (χ1n) is 9.57. The fourth-order valence-electron chi connectivity index (χ4n) is 3.39. The highest BCUT2D eigenvalue weighted by Crippen LogP contribution is 2.43. The number of hydrogen-bond acceptors (Lipinski definition) is 5. The van der Waals surface area contributed by atoms with Gasteiger partial charge < -0.3 is 15.2 Å². The lowest BCUT2D eigenvalue weighted by atomic mass is 9.83. The molecule has 0 fully saturated rings. The number of nitrogens with two attached hydrogens (primary N) is 1. The van der Waals surface area contributed by atoms with E-state index in [9.17, 15) is 10.1 Å². The molecule has 2 N–H and O–H groups in total. The van der Waals surface area contributed by atoms with Gasteiger partial charge in [0.15, 0.2) is 0 Å². The summed E-state index contributed by atoms with van der Waals surface area (Å²) in [6.45, 7) is 0. The maximum atomic E-state index is 12.2. The molecular weight excluding hydrogens is 492 g/mol. The van der Waals surface area contributed by atoms with Crippen molar-refractivity contribution in [2.24, 2.45) is 5.73 Å². The highest BCUT2D eigenvalue weighted by molar-refractivity contribution is 9.10. The molecule has 3 aromatic rings. The van der Waals surface area contributed by atoms with Crippen LogP contribution in [-0.4, -0.2) is 5.97 Å². The summed E-state index contributed by atoms with van der Waals surface area (Å²) in [5.41, 5.74) is 8.84. The van der Waals surface area contributed by atoms with Crippen LogP contribution in [0.15, 0.2) is 88.7 Å². The third kappa shape index (κ3) is 4.70. The summed E-state index contributed by atoms with van der Waals surface area (Å²) < 4.78 is 12.0. The van der Waals surface area contributed by atoms with Crippen molar-refractivity contribution in [1.29, 1.82) is 5.26 Å². The lowest BCUT2D eigenvalue weighted by Crippen LogP contribution is -2.21. The fourth-order valence-corrected chi connectivity index (χ4v) is 3.78. The molecule has 1 atom stereocenters. The van der Waals surface area contributed by atoms with Crippen LogP contribution in [0, 0.1) is 11.3 Å². The van der Waals surface area contributed by atoms with Gasteiger partial charge in [0.25, 0.3) is 0 Å². The Hall–Kier alpha value is -3.53. The number of esters is 1. The van der Waals surface area contributed by atoms with E-state index in [2.05, 4.69) is 22.0 Å². The van der Waals surface area contributed by atoms with Gasteiger partial charge in [0.1, 0.15) is 23.1 Å². The van der Waals surface area contributed by atoms with Crippen LogP contribution >= 0.6 is 27.5 Å². The molecule has 0 spiro atoms. The van der Waals surface area contributed by atoms with Crippen LogP contribution in [0.4, 0.5) is 0 Å². The van der Waals surface area contributed by atoms with E-state index in [0.717, 1.165) is 21.2 Å². The zero-order chi connectivity index (χ0) is 22.7. The minimum atomic E-state index is -0.540. The van der Waals surface area contributed by atoms with Gasteiger partial charge in [0.05, 0.1) is 5.92 Å². The number of benzene rings is 3. The van der Waals surface area contributed by atoms with Crippen molar-refractivity contribution in [2.75, 3.05) is 0 Å². The molecule has 0 aliphatic carbocycles. The quantitative estimate of drug-likeness (QED) is 0.268. The normalized spacial score (nSPS) is 15.1. The molecule has 0 aromatic heterocycles. The van der Waals surface area contributed by atoms with Crippen LogP contribution in [0.1, 0.15) is 22.6 Å². The number of carbonyl (C=O) groups is 1. The zero-order valence-electron chi connectivity index (χ0n) is 16.6. The Bertz CT molecular complexity index is 1280. The van der Waals surface area contributed by atoms with Gasteiger partial charge in [-0.15, -0.1) is 0 Å². The van der Waals surface area contributed by atoms with Gasteiger partial charge in [-0.3, -0.25) is 0 Å². The summed E-state index contributed by atoms with van der Waals surface area (Å²) in [6.07, 6.45) is 2.97. The number of hydrogen-bond donors (Lipinski definition) is 1. The number of carbonyl (C=O) groups excluding carboxylic acids is 1. The third-order valence-corrected chi connectivity index (χ3v) is 5.67. The Balaban J connectivity index is 1.59. The van der Waals surface area contributed by atoms with Crippen molar-refractivity contribution in [2.45, 2.75) is 5.92 Å². The molecule has 0 saturated carbocycles. The lowest BCUT2D eigenvalue weighted by Gasteiger charge is -2.26. The molecule has 3 aromatic carbocycles. The van der Waals surface area contributed by atoms with Crippen LogP contribution in [0.25, 0.3) is 6.08 Å². The topological polar surface area (TPSA) is 85.3 Å². The molecule has 158 valence electrons. The Kier molecular flexibility index (Phi) is 6.31. The van der Waals surface area contributed by atoms with E-state index in [1.54, 1.807) is 48.5 Å². The minimum absolute atomic E-state index is 0.0269. The van der Waals surface area contributed by atoms with Gasteiger partial charge >= 0.3 is 5.97 Å². The number of allylic oxidation sites excluding steroid dienone is 1. The third-order valence-electron chi connectivity index (χ3n) is 4.89. The molecule has 0 amide bonds. The van der Waals surface area contributed by atoms with Crippen molar-refractivity contribution in [1.82, 2.24) is 0 Å². The van der Waals surface area contributed by atoms with E-state index in [4.69, 9.17) is 26.8 Å². The molecule has 7 heteroatoms. The maximum absolute atomic E-state index is 12.2. The van der Waals surface area contributed by atoms with E-state index in [1.165, 1.54) is 6.08 Å². The summed E-state index contributed by atoms with van der Waals surface area (Å²) in [6, 6.07) is 21.9. The average molecular weight is 508 g/mol. The van der Waals surface area contributed by atoms with Crippen LogP contribution in [0.2, 0.25) is 5.02 Å². The fraction of sp³-hybridized carbons (Fsp3) is 0.0400. The van der Waals surface area contributed by atoms with Crippen molar-refractivity contribution in [3.8, 4) is 17.6 Å². The molecule has 5 nitrogen and oxygen atoms in total. The molecule has 32 heavy (non-hydrogen) atoms. The SMILES string of the molecule is N#CC1=C(N)Oc2cc(OC(=O)/C=C/c3ccc(Cl)cc3)ccc2C1c1ccc(Br)cc1. The molecule has 1 aliphatic heterocycles. The molecule has 0 bridgehead atoms. The second kappa shape index (κ2) is 9.31. The smallest absolute Gasteiger partial charge is 0.336 e. The minimum Gasteiger partial charge on any atom is -0.440 e. The summed E-state index contributed by atoms with van der Waals surface area (Å²) in [4.78, 5) is 12.2.